The molecule has 0 atom stereocenters. The molecular formula is C13H10BrFO. The van der Waals surface area contributed by atoms with Gasteiger partial charge in [-0.1, -0.05) is 46.3 Å². The number of hydrogen-bond donors (Lipinski definition) is 0. The van der Waals surface area contributed by atoms with Crippen LogP contribution in [0.4, 0.5) is 4.39 Å². The summed E-state index contributed by atoms with van der Waals surface area (Å²) in [5, 5.41) is 0.678. The van der Waals surface area contributed by atoms with E-state index in [1.807, 2.05) is 24.3 Å². The highest BCUT2D eigenvalue weighted by Gasteiger charge is 2.06. The van der Waals surface area contributed by atoms with Gasteiger partial charge in [0.2, 0.25) is 0 Å². The van der Waals surface area contributed by atoms with E-state index in [9.17, 15) is 4.39 Å². The van der Waals surface area contributed by atoms with E-state index in [4.69, 9.17) is 4.74 Å². The third kappa shape index (κ3) is 2.42. The van der Waals surface area contributed by atoms with Gasteiger partial charge in [-0.15, -0.1) is 0 Å². The molecule has 0 spiro atoms. The maximum absolute atomic E-state index is 13.4. The second kappa shape index (κ2) is 5.12. The van der Waals surface area contributed by atoms with Gasteiger partial charge in [0, 0.05) is 10.9 Å². The zero-order valence-electron chi connectivity index (χ0n) is 8.49. The first-order valence-corrected chi connectivity index (χ1v) is 5.99. The van der Waals surface area contributed by atoms with Crippen LogP contribution in [0.15, 0.2) is 48.5 Å². The molecule has 1 nitrogen and oxygen atoms in total. The number of para-hydroxylation sites is 2. The molecule has 0 amide bonds. The molecule has 0 radical (unpaired) electrons. The van der Waals surface area contributed by atoms with E-state index in [0.717, 1.165) is 5.56 Å². The molecule has 3 heteroatoms. The van der Waals surface area contributed by atoms with E-state index < -0.39 is 0 Å². The third-order valence-corrected chi connectivity index (χ3v) is 2.78. The second-order valence-corrected chi connectivity index (χ2v) is 3.83. The molecule has 2 aromatic rings. The number of rotatable bonds is 3. The second-order valence-electron chi connectivity index (χ2n) is 3.27. The molecule has 0 aliphatic carbocycles. The van der Waals surface area contributed by atoms with Crippen molar-refractivity contribution in [1.82, 2.24) is 0 Å². The molecule has 0 aromatic heterocycles. The molecule has 0 heterocycles. The van der Waals surface area contributed by atoms with Crippen molar-refractivity contribution < 1.29 is 9.13 Å². The highest BCUT2D eigenvalue weighted by Crippen LogP contribution is 2.28. The number of halogens is 2. The van der Waals surface area contributed by atoms with Crippen molar-refractivity contribution in [1.29, 1.82) is 0 Å². The number of benzene rings is 2. The van der Waals surface area contributed by atoms with Gasteiger partial charge in [0.1, 0.15) is 5.75 Å². The molecule has 0 aliphatic heterocycles. The molecule has 0 unspecified atom stereocenters. The quantitative estimate of drug-likeness (QED) is 0.752. The van der Waals surface area contributed by atoms with Crippen LogP contribution in [0.5, 0.6) is 11.5 Å². The van der Waals surface area contributed by atoms with E-state index in [0.29, 0.717) is 11.1 Å². The van der Waals surface area contributed by atoms with Gasteiger partial charge >= 0.3 is 0 Å². The fourth-order valence-electron chi connectivity index (χ4n) is 1.36. The summed E-state index contributed by atoms with van der Waals surface area (Å²) in [6.07, 6.45) is 0. The molecule has 0 bridgehead atoms. The summed E-state index contributed by atoms with van der Waals surface area (Å²) in [5.41, 5.74) is 0.991. The summed E-state index contributed by atoms with van der Waals surface area (Å²) < 4.78 is 18.9. The Morgan fingerprint density at radius 1 is 0.938 bits per heavy atom. The van der Waals surface area contributed by atoms with E-state index in [2.05, 4.69) is 15.9 Å². The van der Waals surface area contributed by atoms with Crippen LogP contribution < -0.4 is 4.74 Å². The molecule has 0 fully saturated rings. The molecule has 0 aliphatic rings. The highest BCUT2D eigenvalue weighted by molar-refractivity contribution is 9.08. The molecule has 0 N–H and O–H groups in total. The molecule has 0 saturated carbocycles. The molecule has 2 aromatic carbocycles. The molecular weight excluding hydrogens is 271 g/mol. The summed E-state index contributed by atoms with van der Waals surface area (Å²) in [5.74, 6) is 0.562. The largest absolute Gasteiger partial charge is 0.454 e. The van der Waals surface area contributed by atoms with Gasteiger partial charge in [0.15, 0.2) is 11.6 Å². The fourth-order valence-corrected chi connectivity index (χ4v) is 1.82. The summed E-state index contributed by atoms with van der Waals surface area (Å²) in [4.78, 5) is 0. The van der Waals surface area contributed by atoms with Crippen LogP contribution >= 0.6 is 15.9 Å². The standard InChI is InChI=1S/C13H10BrFO/c14-9-10-5-1-3-7-12(10)16-13-8-4-2-6-11(13)15/h1-8H,9H2. The van der Waals surface area contributed by atoms with Crippen LogP contribution in [0.3, 0.4) is 0 Å². The minimum atomic E-state index is -0.355. The zero-order chi connectivity index (χ0) is 11.4. The zero-order valence-corrected chi connectivity index (χ0v) is 10.1. The van der Waals surface area contributed by atoms with Crippen LogP contribution in [-0.4, -0.2) is 0 Å². The smallest absolute Gasteiger partial charge is 0.165 e. The highest BCUT2D eigenvalue weighted by atomic mass is 79.9. The normalized spacial score (nSPS) is 10.1. The van der Waals surface area contributed by atoms with Gasteiger partial charge in [-0.25, -0.2) is 4.39 Å². The maximum atomic E-state index is 13.4. The summed E-state index contributed by atoms with van der Waals surface area (Å²) in [6, 6.07) is 13.9. The van der Waals surface area contributed by atoms with E-state index in [-0.39, 0.29) is 11.6 Å². The van der Waals surface area contributed by atoms with Crippen LogP contribution in [0, 0.1) is 5.82 Å². The Morgan fingerprint density at radius 2 is 1.56 bits per heavy atom. The lowest BCUT2D eigenvalue weighted by molar-refractivity contribution is 0.439. The van der Waals surface area contributed by atoms with Gasteiger partial charge in [0.25, 0.3) is 0 Å². The van der Waals surface area contributed by atoms with Crippen molar-refractivity contribution in [2.75, 3.05) is 0 Å². The Morgan fingerprint density at radius 3 is 2.25 bits per heavy atom. The van der Waals surface area contributed by atoms with Gasteiger partial charge in [-0.3, -0.25) is 0 Å². The van der Waals surface area contributed by atoms with Gasteiger partial charge < -0.3 is 4.74 Å². The third-order valence-electron chi connectivity index (χ3n) is 2.17. The average Bonchev–Trinajstić information content (AvgIpc) is 2.33. The van der Waals surface area contributed by atoms with Crippen molar-refractivity contribution in [2.24, 2.45) is 0 Å². The molecule has 0 saturated heterocycles. The van der Waals surface area contributed by atoms with Crippen molar-refractivity contribution in [3.8, 4) is 11.5 Å². The number of hydrogen-bond acceptors (Lipinski definition) is 1. The van der Waals surface area contributed by atoms with E-state index in [1.54, 1.807) is 18.2 Å². The topological polar surface area (TPSA) is 9.23 Å². The van der Waals surface area contributed by atoms with Crippen LogP contribution in [0.2, 0.25) is 0 Å². The van der Waals surface area contributed by atoms with Crippen molar-refractivity contribution in [3.63, 3.8) is 0 Å². The summed E-state index contributed by atoms with van der Waals surface area (Å²) in [6.45, 7) is 0. The fraction of sp³-hybridized carbons (Fsp3) is 0.0769. The minimum absolute atomic E-state index is 0.246. The van der Waals surface area contributed by atoms with Crippen molar-refractivity contribution in [3.05, 3.63) is 59.9 Å². The number of ether oxygens (including phenoxy) is 1. The molecule has 82 valence electrons. The van der Waals surface area contributed by atoms with Gasteiger partial charge in [-0.2, -0.15) is 0 Å². The first-order chi connectivity index (χ1) is 7.81. The molecule has 16 heavy (non-hydrogen) atoms. The van der Waals surface area contributed by atoms with Crippen molar-refractivity contribution in [2.45, 2.75) is 5.33 Å². The monoisotopic (exact) mass is 280 g/mol. The van der Waals surface area contributed by atoms with Crippen LogP contribution in [-0.2, 0) is 5.33 Å². The lowest BCUT2D eigenvalue weighted by Crippen LogP contribution is -1.91. The predicted octanol–water partition coefficient (Wildman–Crippen LogP) is 4.51. The lowest BCUT2D eigenvalue weighted by atomic mass is 10.2. The van der Waals surface area contributed by atoms with E-state index >= 15 is 0 Å². The average molecular weight is 281 g/mol. The Labute approximate surface area is 102 Å². The Balaban J connectivity index is 2.30. The minimum Gasteiger partial charge on any atom is -0.454 e. The van der Waals surface area contributed by atoms with Crippen LogP contribution in [0.25, 0.3) is 0 Å². The van der Waals surface area contributed by atoms with Crippen molar-refractivity contribution >= 4 is 15.9 Å². The summed E-state index contributed by atoms with van der Waals surface area (Å²) in [7, 11) is 0. The van der Waals surface area contributed by atoms with E-state index in [1.165, 1.54) is 6.07 Å². The molecule has 2 rings (SSSR count). The predicted molar refractivity (Wildman–Crippen MR) is 65.5 cm³/mol. The van der Waals surface area contributed by atoms with Gasteiger partial charge in [0.05, 0.1) is 0 Å². The summed E-state index contributed by atoms with van der Waals surface area (Å²) >= 11 is 3.37. The Kier molecular flexibility index (Phi) is 3.57. The Hall–Kier alpha value is -1.35. The lowest BCUT2D eigenvalue weighted by Gasteiger charge is -2.09. The Bertz CT molecular complexity index is 485. The van der Waals surface area contributed by atoms with Crippen LogP contribution in [0.1, 0.15) is 5.56 Å². The number of alkyl halides is 1. The van der Waals surface area contributed by atoms with Gasteiger partial charge in [-0.05, 0) is 18.2 Å². The maximum Gasteiger partial charge on any atom is 0.165 e. The SMILES string of the molecule is Fc1ccccc1Oc1ccccc1CBr. The first-order valence-electron chi connectivity index (χ1n) is 4.87. The first kappa shape index (κ1) is 11.1.